The van der Waals surface area contributed by atoms with E-state index in [1.54, 1.807) is 6.20 Å². The molecule has 0 amide bonds. The smallest absolute Gasteiger partial charge is 0.177 e. The van der Waals surface area contributed by atoms with E-state index >= 15 is 0 Å². The molecule has 6 heteroatoms. The van der Waals surface area contributed by atoms with Crippen LogP contribution in [0.3, 0.4) is 0 Å². The van der Waals surface area contributed by atoms with Crippen LogP contribution in [0, 0.1) is 0 Å². The second-order valence-electron chi connectivity index (χ2n) is 8.31. The fourth-order valence-electron chi connectivity index (χ4n) is 4.77. The molecular weight excluding hydrogens is 386 g/mol. The van der Waals surface area contributed by atoms with Gasteiger partial charge in [-0.2, -0.15) is 5.10 Å². The Hall–Kier alpha value is -3.67. The number of fused-ring (bicyclic) bond motifs is 2. The molecule has 1 saturated carbocycles. The number of aromatic nitrogens is 4. The largest absolute Gasteiger partial charge is 0.452 e. The summed E-state index contributed by atoms with van der Waals surface area (Å²) in [4.78, 5) is 8.64. The van der Waals surface area contributed by atoms with Crippen LogP contribution >= 0.6 is 0 Å². The molecule has 1 aliphatic carbocycles. The van der Waals surface area contributed by atoms with Crippen LogP contribution in [0.4, 0.5) is 5.82 Å². The third-order valence-electron chi connectivity index (χ3n) is 6.40. The molecule has 0 radical (unpaired) electrons. The lowest BCUT2D eigenvalue weighted by Crippen LogP contribution is -2.12. The van der Waals surface area contributed by atoms with E-state index in [9.17, 15) is 0 Å². The predicted molar refractivity (Wildman–Crippen MR) is 123 cm³/mol. The molecule has 0 spiro atoms. The first-order valence-corrected chi connectivity index (χ1v) is 10.8. The average Bonchev–Trinajstić information content (AvgIpc) is 3.48. The van der Waals surface area contributed by atoms with Crippen LogP contribution in [0.5, 0.6) is 0 Å². The maximum atomic E-state index is 6.24. The Bertz CT molecular complexity index is 1390. The molecular formula is C25H23N5O. The normalized spacial score (nSPS) is 15.1. The van der Waals surface area contributed by atoms with E-state index in [1.807, 2.05) is 30.7 Å². The summed E-state index contributed by atoms with van der Waals surface area (Å²) in [6, 6.07) is 10.7. The number of pyridine rings is 2. The minimum Gasteiger partial charge on any atom is -0.452 e. The number of nitrogen functional groups attached to an aromatic ring is 1. The maximum Gasteiger partial charge on any atom is 0.177 e. The van der Waals surface area contributed by atoms with Gasteiger partial charge in [0.25, 0.3) is 0 Å². The molecule has 0 atom stereocenters. The fraction of sp³-hybridized carbons (Fsp3) is 0.240. The van der Waals surface area contributed by atoms with E-state index in [-0.39, 0.29) is 0 Å². The van der Waals surface area contributed by atoms with E-state index in [0.29, 0.717) is 17.4 Å². The van der Waals surface area contributed by atoms with Crippen molar-refractivity contribution in [2.75, 3.05) is 5.73 Å². The van der Waals surface area contributed by atoms with Gasteiger partial charge in [-0.05, 0) is 30.4 Å². The highest BCUT2D eigenvalue weighted by atomic mass is 16.3. The lowest BCUT2D eigenvalue weighted by molar-refractivity contribution is 0.329. The summed E-state index contributed by atoms with van der Waals surface area (Å²) >= 11 is 0. The number of rotatable bonds is 3. The minimum atomic E-state index is 0.395. The lowest BCUT2D eigenvalue weighted by atomic mass is 9.96. The third-order valence-corrected chi connectivity index (χ3v) is 6.40. The Balaban J connectivity index is 1.48. The monoisotopic (exact) mass is 409 g/mol. The van der Waals surface area contributed by atoms with Crippen LogP contribution in [0.25, 0.3) is 44.2 Å². The van der Waals surface area contributed by atoms with Crippen molar-refractivity contribution in [3.05, 3.63) is 61.3 Å². The van der Waals surface area contributed by atoms with Crippen molar-refractivity contribution in [1.82, 2.24) is 19.7 Å². The molecule has 6 rings (SSSR count). The highest BCUT2D eigenvalue weighted by molar-refractivity contribution is 6.03. The SMILES string of the molecule is Nc1ncc(-c2cnn(C3CCCCC3)c2)c2cc(-c3cccc4cnccc34)oc12. The highest BCUT2D eigenvalue weighted by Crippen LogP contribution is 2.39. The Labute approximate surface area is 179 Å². The summed E-state index contributed by atoms with van der Waals surface area (Å²) in [5.41, 5.74) is 9.85. The van der Waals surface area contributed by atoms with Gasteiger partial charge in [-0.15, -0.1) is 0 Å². The molecule has 4 aromatic heterocycles. The van der Waals surface area contributed by atoms with Crippen molar-refractivity contribution in [3.8, 4) is 22.5 Å². The van der Waals surface area contributed by atoms with Gasteiger partial charge in [-0.25, -0.2) is 4.98 Å². The van der Waals surface area contributed by atoms with Crippen molar-refractivity contribution in [2.24, 2.45) is 0 Å². The summed E-state index contributed by atoms with van der Waals surface area (Å²) in [7, 11) is 0. The van der Waals surface area contributed by atoms with Gasteiger partial charge in [0, 0.05) is 52.3 Å². The molecule has 1 aromatic carbocycles. The summed E-state index contributed by atoms with van der Waals surface area (Å²) in [5.74, 6) is 1.17. The van der Waals surface area contributed by atoms with Crippen LogP contribution in [-0.2, 0) is 0 Å². The average molecular weight is 409 g/mol. The lowest BCUT2D eigenvalue weighted by Gasteiger charge is -2.21. The number of anilines is 1. The number of nitrogens with zero attached hydrogens (tertiary/aromatic N) is 4. The molecule has 6 nitrogen and oxygen atoms in total. The molecule has 1 fully saturated rings. The Morgan fingerprint density at radius 3 is 2.77 bits per heavy atom. The second kappa shape index (κ2) is 7.23. The number of hydrogen-bond donors (Lipinski definition) is 1. The van der Waals surface area contributed by atoms with E-state index in [1.165, 1.54) is 32.1 Å². The predicted octanol–water partition coefficient (Wildman–Crippen LogP) is 5.99. The molecule has 0 aliphatic heterocycles. The van der Waals surface area contributed by atoms with Crippen molar-refractivity contribution in [1.29, 1.82) is 0 Å². The molecule has 4 heterocycles. The summed E-state index contributed by atoms with van der Waals surface area (Å²) in [6.45, 7) is 0. The fourth-order valence-corrected chi connectivity index (χ4v) is 4.77. The topological polar surface area (TPSA) is 82.8 Å². The van der Waals surface area contributed by atoms with E-state index in [0.717, 1.165) is 38.6 Å². The minimum absolute atomic E-state index is 0.395. The third kappa shape index (κ3) is 3.06. The van der Waals surface area contributed by atoms with E-state index in [2.05, 4.69) is 44.1 Å². The van der Waals surface area contributed by atoms with Gasteiger partial charge in [0.15, 0.2) is 11.4 Å². The molecule has 2 N–H and O–H groups in total. The summed E-state index contributed by atoms with van der Waals surface area (Å²) < 4.78 is 8.36. The maximum absolute atomic E-state index is 6.24. The van der Waals surface area contributed by atoms with Crippen molar-refractivity contribution < 1.29 is 4.42 Å². The zero-order valence-electron chi connectivity index (χ0n) is 17.2. The Morgan fingerprint density at radius 2 is 1.87 bits per heavy atom. The zero-order valence-corrected chi connectivity index (χ0v) is 17.2. The molecule has 0 bridgehead atoms. The van der Waals surface area contributed by atoms with Gasteiger partial charge in [0.2, 0.25) is 0 Å². The van der Waals surface area contributed by atoms with Gasteiger partial charge >= 0.3 is 0 Å². The number of nitrogens with two attached hydrogens (primary N) is 1. The van der Waals surface area contributed by atoms with Crippen molar-refractivity contribution in [3.63, 3.8) is 0 Å². The number of hydrogen-bond acceptors (Lipinski definition) is 5. The van der Waals surface area contributed by atoms with Crippen LogP contribution < -0.4 is 5.73 Å². The summed E-state index contributed by atoms with van der Waals surface area (Å²) in [5, 5.41) is 7.79. The quantitative estimate of drug-likeness (QED) is 0.395. The number of furan rings is 1. The first-order chi connectivity index (χ1) is 15.3. The standard InChI is InChI=1S/C25H23N5O/c26-25-24-21(11-23(31-24)20-8-4-5-16-12-27-10-9-19(16)20)22(14-28-25)17-13-29-30(15-17)18-6-2-1-3-7-18/h4-5,8-15,18H,1-3,6-7H2,(H2,26,28). The van der Waals surface area contributed by atoms with Gasteiger partial charge in [-0.1, -0.05) is 37.5 Å². The first-order valence-electron chi connectivity index (χ1n) is 10.8. The molecule has 154 valence electrons. The first kappa shape index (κ1) is 18.1. The van der Waals surface area contributed by atoms with Gasteiger partial charge in [0.1, 0.15) is 5.76 Å². The zero-order chi connectivity index (χ0) is 20.8. The Morgan fingerprint density at radius 1 is 0.968 bits per heavy atom. The highest BCUT2D eigenvalue weighted by Gasteiger charge is 2.19. The van der Waals surface area contributed by atoms with Gasteiger partial charge < -0.3 is 10.2 Å². The molecule has 0 unspecified atom stereocenters. The Kier molecular flexibility index (Phi) is 4.23. The van der Waals surface area contributed by atoms with Crippen LogP contribution in [0.2, 0.25) is 0 Å². The molecule has 1 aliphatic rings. The molecule has 31 heavy (non-hydrogen) atoms. The van der Waals surface area contributed by atoms with Crippen molar-refractivity contribution in [2.45, 2.75) is 38.1 Å². The van der Waals surface area contributed by atoms with Crippen LogP contribution in [0.15, 0.2) is 65.7 Å². The van der Waals surface area contributed by atoms with Crippen molar-refractivity contribution >= 4 is 27.6 Å². The van der Waals surface area contributed by atoms with E-state index < -0.39 is 0 Å². The van der Waals surface area contributed by atoms with Gasteiger partial charge in [-0.3, -0.25) is 9.67 Å². The van der Waals surface area contributed by atoms with Crippen LogP contribution in [-0.4, -0.2) is 19.7 Å². The molecule has 5 aromatic rings. The van der Waals surface area contributed by atoms with Crippen LogP contribution in [0.1, 0.15) is 38.1 Å². The molecule has 0 saturated heterocycles. The number of benzene rings is 1. The van der Waals surface area contributed by atoms with E-state index in [4.69, 9.17) is 10.2 Å². The second-order valence-corrected chi connectivity index (χ2v) is 8.31. The van der Waals surface area contributed by atoms with Gasteiger partial charge in [0.05, 0.1) is 12.2 Å². The summed E-state index contributed by atoms with van der Waals surface area (Å²) in [6.07, 6.45) is 15.8.